The minimum Gasteiger partial charge on any atom is -0.450 e. The van der Waals surface area contributed by atoms with E-state index in [1.807, 2.05) is 13.8 Å². The van der Waals surface area contributed by atoms with Crippen molar-refractivity contribution in [1.29, 1.82) is 0 Å². The molecular weight excluding hydrogens is 236 g/mol. The van der Waals surface area contributed by atoms with Crippen LogP contribution in [-0.4, -0.2) is 35.8 Å². The fourth-order valence-electron chi connectivity index (χ4n) is 1.21. The summed E-state index contributed by atoms with van der Waals surface area (Å²) in [4.78, 5) is 23.4. The van der Waals surface area contributed by atoms with Crippen LogP contribution >= 0.6 is 9.24 Å². The molecule has 1 amide bonds. The molecule has 0 aliphatic rings. The topological polar surface area (TPSA) is 66.4 Å². The Morgan fingerprint density at radius 3 is 2.29 bits per heavy atom. The van der Waals surface area contributed by atoms with Crippen molar-refractivity contribution >= 4 is 27.8 Å². The second kappa shape index (κ2) is 7.83. The number of ketones is 1. The van der Waals surface area contributed by atoms with Crippen molar-refractivity contribution in [2.45, 2.75) is 45.9 Å². The van der Waals surface area contributed by atoms with Crippen LogP contribution in [0.25, 0.3) is 0 Å². The van der Waals surface area contributed by atoms with Crippen molar-refractivity contribution in [2.75, 3.05) is 6.16 Å². The van der Waals surface area contributed by atoms with Gasteiger partial charge in [-0.05, 0) is 18.9 Å². The van der Waals surface area contributed by atoms with Gasteiger partial charge in [0.1, 0.15) is 0 Å². The molecule has 3 unspecified atom stereocenters. The van der Waals surface area contributed by atoms with Gasteiger partial charge in [0.25, 0.3) is 6.92 Å². The van der Waals surface area contributed by atoms with Crippen LogP contribution in [0.4, 0.5) is 0 Å². The van der Waals surface area contributed by atoms with Gasteiger partial charge in [-0.25, -0.2) is 0 Å². The molecule has 17 heavy (non-hydrogen) atoms. The highest BCUT2D eigenvalue weighted by molar-refractivity contribution is 7.16. The summed E-state index contributed by atoms with van der Waals surface area (Å²) in [6, 6.07) is -0.484. The maximum atomic E-state index is 11.8. The van der Waals surface area contributed by atoms with Crippen molar-refractivity contribution < 1.29 is 14.6 Å². The molecule has 0 rings (SSSR count). The number of amides is 1. The van der Waals surface area contributed by atoms with Gasteiger partial charge in [-0.1, -0.05) is 20.7 Å². The van der Waals surface area contributed by atoms with Crippen LogP contribution in [0.1, 0.15) is 27.2 Å². The molecule has 0 aromatic carbocycles. The zero-order valence-electron chi connectivity index (χ0n) is 11.1. The SMILES string of the molecule is CB(O)[C@H](C)CC(=O)C(C)NC(=O)C(C)CP. The zero-order chi connectivity index (χ0) is 13.6. The number of carbonyl (C=O) groups excluding carboxylic acids is 2. The molecule has 2 N–H and O–H groups in total. The van der Waals surface area contributed by atoms with Crippen LogP contribution in [-0.2, 0) is 9.59 Å². The molecule has 0 aliphatic carbocycles. The molecule has 4 atom stereocenters. The lowest BCUT2D eigenvalue weighted by molar-refractivity contribution is -0.129. The van der Waals surface area contributed by atoms with E-state index in [0.717, 1.165) is 0 Å². The molecule has 0 aliphatic heterocycles. The Morgan fingerprint density at radius 2 is 1.88 bits per heavy atom. The molecule has 98 valence electrons. The third-order valence-corrected chi connectivity index (χ3v) is 3.70. The lowest BCUT2D eigenvalue weighted by atomic mass is 9.58. The van der Waals surface area contributed by atoms with E-state index in [-0.39, 0.29) is 29.8 Å². The van der Waals surface area contributed by atoms with Gasteiger partial charge in [-0.3, -0.25) is 9.59 Å². The first-order chi connectivity index (χ1) is 7.79. The first-order valence-electron chi connectivity index (χ1n) is 6.00. The van der Waals surface area contributed by atoms with Crippen LogP contribution in [0.15, 0.2) is 0 Å². The van der Waals surface area contributed by atoms with Gasteiger partial charge in [-0.15, -0.1) is 9.24 Å². The standard InChI is InChI=1S/C11H23BNO3P/c1-7(6-17)11(15)13-9(3)10(14)5-8(2)12(4)16/h7-9,16H,5-6,17H2,1-4H3,(H,13,15)/t7?,8-,9?/m1/s1. The second-order valence-corrected chi connectivity index (χ2v) is 5.23. The Hall–Kier alpha value is -0.405. The summed E-state index contributed by atoms with van der Waals surface area (Å²) in [5.41, 5.74) is 0. The van der Waals surface area contributed by atoms with E-state index in [4.69, 9.17) is 0 Å². The summed E-state index contributed by atoms with van der Waals surface area (Å²) < 4.78 is 0. The molecule has 0 heterocycles. The van der Waals surface area contributed by atoms with Crippen molar-refractivity contribution in [3.05, 3.63) is 0 Å². The molecule has 0 aromatic heterocycles. The van der Waals surface area contributed by atoms with Crippen LogP contribution in [0.3, 0.4) is 0 Å². The molecule has 6 heteroatoms. The fraction of sp³-hybridized carbons (Fsp3) is 0.818. The van der Waals surface area contributed by atoms with Crippen molar-refractivity contribution in [3.63, 3.8) is 0 Å². The quantitative estimate of drug-likeness (QED) is 0.528. The molecular formula is C11H23BNO3P. The maximum Gasteiger partial charge on any atom is 0.289 e. The Morgan fingerprint density at radius 1 is 1.35 bits per heavy atom. The predicted molar refractivity (Wildman–Crippen MR) is 74.2 cm³/mol. The average molecular weight is 259 g/mol. The molecule has 0 aromatic rings. The summed E-state index contributed by atoms with van der Waals surface area (Å²) in [5, 5.41) is 12.0. The van der Waals surface area contributed by atoms with Gasteiger partial charge >= 0.3 is 0 Å². The van der Waals surface area contributed by atoms with E-state index >= 15 is 0 Å². The Labute approximate surface area is 106 Å². The molecule has 0 spiro atoms. The predicted octanol–water partition coefficient (Wildman–Crippen LogP) is 0.965. The van der Waals surface area contributed by atoms with E-state index in [9.17, 15) is 14.6 Å². The number of rotatable bonds is 7. The van der Waals surface area contributed by atoms with E-state index in [0.29, 0.717) is 6.16 Å². The Balaban J connectivity index is 4.19. The van der Waals surface area contributed by atoms with Crippen molar-refractivity contribution in [3.8, 4) is 0 Å². The fourth-order valence-corrected chi connectivity index (χ4v) is 1.42. The second-order valence-electron chi connectivity index (χ2n) is 4.76. The molecule has 0 radical (unpaired) electrons. The highest BCUT2D eigenvalue weighted by Gasteiger charge is 2.23. The van der Waals surface area contributed by atoms with Gasteiger partial charge < -0.3 is 10.3 Å². The van der Waals surface area contributed by atoms with Gasteiger partial charge in [0, 0.05) is 12.3 Å². The van der Waals surface area contributed by atoms with Gasteiger partial charge in [0.15, 0.2) is 5.78 Å². The number of carbonyl (C=O) groups is 2. The summed E-state index contributed by atoms with van der Waals surface area (Å²) >= 11 is 0. The van der Waals surface area contributed by atoms with Gasteiger partial charge in [0.2, 0.25) is 5.91 Å². The summed E-state index contributed by atoms with van der Waals surface area (Å²) in [7, 11) is 2.51. The highest BCUT2D eigenvalue weighted by Crippen LogP contribution is 2.14. The smallest absolute Gasteiger partial charge is 0.289 e. The van der Waals surface area contributed by atoms with Gasteiger partial charge in [-0.2, -0.15) is 0 Å². The molecule has 4 nitrogen and oxygen atoms in total. The summed E-state index contributed by atoms with van der Waals surface area (Å²) in [5.74, 6) is -0.335. The highest BCUT2D eigenvalue weighted by atomic mass is 31.0. The lowest BCUT2D eigenvalue weighted by Gasteiger charge is -2.18. The summed E-state index contributed by atoms with van der Waals surface area (Å²) in [6.45, 7) is 6.48. The maximum absolute atomic E-state index is 11.8. The first-order valence-corrected chi connectivity index (χ1v) is 6.82. The van der Waals surface area contributed by atoms with E-state index < -0.39 is 13.0 Å². The number of Topliss-reactive ketones (excluding diaryl/α,β-unsaturated/α-hetero) is 1. The largest absolute Gasteiger partial charge is 0.450 e. The third kappa shape index (κ3) is 6.18. The molecule has 0 fully saturated rings. The zero-order valence-corrected chi connectivity index (χ0v) is 12.2. The Kier molecular flexibility index (Phi) is 7.65. The Bertz CT molecular complexity index is 273. The van der Waals surface area contributed by atoms with Crippen LogP contribution < -0.4 is 5.32 Å². The lowest BCUT2D eigenvalue weighted by Crippen LogP contribution is -2.42. The van der Waals surface area contributed by atoms with Crippen molar-refractivity contribution in [1.82, 2.24) is 5.32 Å². The summed E-state index contributed by atoms with van der Waals surface area (Å²) in [6.07, 6.45) is 0.963. The first kappa shape index (κ1) is 16.6. The van der Waals surface area contributed by atoms with E-state index in [2.05, 4.69) is 14.6 Å². The molecule has 0 saturated carbocycles. The van der Waals surface area contributed by atoms with Crippen LogP contribution in [0, 0.1) is 5.92 Å². The van der Waals surface area contributed by atoms with E-state index in [1.165, 1.54) is 0 Å². The number of nitrogens with one attached hydrogen (secondary N) is 1. The number of hydrogen-bond donors (Lipinski definition) is 2. The molecule has 0 saturated heterocycles. The minimum atomic E-state index is -0.507. The normalized spacial score (nSPS) is 15.9. The number of hydrogen-bond acceptors (Lipinski definition) is 3. The van der Waals surface area contributed by atoms with E-state index in [1.54, 1.807) is 13.7 Å². The minimum absolute atomic E-state index is 0.0392. The monoisotopic (exact) mass is 259 g/mol. The van der Waals surface area contributed by atoms with Crippen LogP contribution in [0.5, 0.6) is 0 Å². The van der Waals surface area contributed by atoms with Gasteiger partial charge in [0.05, 0.1) is 6.04 Å². The molecule has 0 bridgehead atoms. The van der Waals surface area contributed by atoms with Crippen LogP contribution in [0.2, 0.25) is 12.6 Å². The average Bonchev–Trinajstić information content (AvgIpc) is 2.27. The third-order valence-electron chi connectivity index (χ3n) is 2.99. The van der Waals surface area contributed by atoms with Crippen molar-refractivity contribution in [2.24, 2.45) is 5.92 Å².